The van der Waals surface area contributed by atoms with Gasteiger partial charge in [-0.05, 0) is 37.1 Å². The summed E-state index contributed by atoms with van der Waals surface area (Å²) in [5.74, 6) is -0.0696. The molecule has 27 heavy (non-hydrogen) atoms. The zero-order chi connectivity index (χ0) is 18.8. The number of amides is 2. The average Bonchev–Trinajstić information content (AvgIpc) is 2.98. The Morgan fingerprint density at radius 1 is 0.889 bits per heavy atom. The highest BCUT2D eigenvalue weighted by Crippen LogP contribution is 2.40. The number of anilines is 1. The van der Waals surface area contributed by atoms with E-state index in [1.165, 1.54) is 4.90 Å². The Labute approximate surface area is 157 Å². The first-order valence-corrected chi connectivity index (χ1v) is 9.34. The number of nitrogens with zero attached hydrogens (tertiary/aromatic N) is 1. The molecular weight excluding hydrogens is 342 g/mol. The van der Waals surface area contributed by atoms with Gasteiger partial charge in [0.05, 0.1) is 17.5 Å². The molecule has 2 atom stereocenters. The van der Waals surface area contributed by atoms with Gasteiger partial charge in [-0.2, -0.15) is 0 Å². The first-order chi connectivity index (χ1) is 13.1. The topological polar surface area (TPSA) is 63.7 Å². The summed E-state index contributed by atoms with van der Waals surface area (Å²) < 4.78 is 5.55. The van der Waals surface area contributed by atoms with Gasteiger partial charge in [0.2, 0.25) is 11.8 Å². The van der Waals surface area contributed by atoms with E-state index in [1.54, 1.807) is 36.4 Å². The molecule has 138 valence electrons. The molecule has 5 nitrogen and oxygen atoms in total. The maximum atomic E-state index is 12.6. The van der Waals surface area contributed by atoms with E-state index in [2.05, 4.69) is 0 Å². The van der Waals surface area contributed by atoms with Crippen LogP contribution in [0, 0.1) is 11.8 Å². The number of hydrogen-bond donors (Lipinski definition) is 0. The van der Waals surface area contributed by atoms with Crippen molar-refractivity contribution in [2.24, 2.45) is 11.8 Å². The third-order valence-electron chi connectivity index (χ3n) is 5.40. The Kier molecular flexibility index (Phi) is 4.75. The number of fused-ring (bicyclic) bond motifs is 1. The van der Waals surface area contributed by atoms with Crippen molar-refractivity contribution < 1.29 is 19.1 Å². The Morgan fingerprint density at radius 3 is 2.07 bits per heavy atom. The number of hydrogen-bond acceptors (Lipinski definition) is 4. The minimum Gasteiger partial charge on any atom is -0.485 e. The molecule has 0 bridgehead atoms. The van der Waals surface area contributed by atoms with Crippen LogP contribution in [-0.2, 0) is 9.59 Å². The summed E-state index contributed by atoms with van der Waals surface area (Å²) in [6, 6.07) is 15.8. The van der Waals surface area contributed by atoms with Crippen molar-refractivity contribution in [3.8, 4) is 5.75 Å². The zero-order valence-electron chi connectivity index (χ0n) is 15.0. The quantitative estimate of drug-likeness (QED) is 0.601. The molecule has 0 radical (unpaired) electrons. The molecule has 1 saturated carbocycles. The van der Waals surface area contributed by atoms with Crippen LogP contribution in [0.3, 0.4) is 0 Å². The maximum absolute atomic E-state index is 12.6. The van der Waals surface area contributed by atoms with Gasteiger partial charge in [-0.25, -0.2) is 0 Å². The van der Waals surface area contributed by atoms with Crippen molar-refractivity contribution >= 4 is 23.3 Å². The number of imide groups is 1. The second-order valence-corrected chi connectivity index (χ2v) is 7.08. The van der Waals surface area contributed by atoms with Crippen molar-refractivity contribution in [1.29, 1.82) is 0 Å². The third-order valence-corrected chi connectivity index (χ3v) is 5.40. The molecular formula is C22H21NO4. The molecule has 0 unspecified atom stereocenters. The summed E-state index contributed by atoms with van der Waals surface area (Å²) in [6.07, 6.45) is 3.62. The van der Waals surface area contributed by atoms with Crippen LogP contribution < -0.4 is 9.64 Å². The lowest BCUT2D eigenvalue weighted by Gasteiger charge is -2.19. The monoisotopic (exact) mass is 363 g/mol. The van der Waals surface area contributed by atoms with E-state index in [0.717, 1.165) is 25.7 Å². The molecule has 0 spiro atoms. The normalized spacial score (nSPS) is 21.9. The zero-order valence-corrected chi connectivity index (χ0v) is 15.0. The number of carbonyl (C=O) groups is 3. The molecule has 2 aromatic rings. The molecule has 1 heterocycles. The molecule has 1 aliphatic heterocycles. The minimum atomic E-state index is -0.161. The van der Waals surface area contributed by atoms with E-state index in [1.807, 2.05) is 18.2 Å². The first kappa shape index (κ1) is 17.5. The molecule has 1 saturated heterocycles. The largest absolute Gasteiger partial charge is 0.485 e. The van der Waals surface area contributed by atoms with Crippen LogP contribution in [0.25, 0.3) is 0 Å². The van der Waals surface area contributed by atoms with Crippen molar-refractivity contribution in [2.75, 3.05) is 11.5 Å². The highest BCUT2D eigenvalue weighted by atomic mass is 16.5. The predicted octanol–water partition coefficient (Wildman–Crippen LogP) is 3.63. The van der Waals surface area contributed by atoms with Crippen LogP contribution in [0.1, 0.15) is 36.0 Å². The van der Waals surface area contributed by atoms with E-state index in [0.29, 0.717) is 17.0 Å². The molecule has 2 aromatic carbocycles. The summed E-state index contributed by atoms with van der Waals surface area (Å²) in [5.41, 5.74) is 1.17. The van der Waals surface area contributed by atoms with Crippen LogP contribution in [0.4, 0.5) is 5.69 Å². The van der Waals surface area contributed by atoms with Gasteiger partial charge >= 0.3 is 0 Å². The molecule has 2 amide bonds. The highest BCUT2D eigenvalue weighted by molar-refractivity contribution is 6.22. The van der Waals surface area contributed by atoms with Crippen molar-refractivity contribution in [3.63, 3.8) is 0 Å². The predicted molar refractivity (Wildman–Crippen MR) is 101 cm³/mol. The third kappa shape index (κ3) is 3.37. The fraction of sp³-hybridized carbons (Fsp3) is 0.318. The van der Waals surface area contributed by atoms with Crippen molar-refractivity contribution in [1.82, 2.24) is 0 Å². The summed E-state index contributed by atoms with van der Waals surface area (Å²) in [4.78, 5) is 38.7. The second-order valence-electron chi connectivity index (χ2n) is 7.08. The summed E-state index contributed by atoms with van der Waals surface area (Å²) >= 11 is 0. The molecule has 4 rings (SSSR count). The van der Waals surface area contributed by atoms with Gasteiger partial charge in [-0.3, -0.25) is 19.3 Å². The summed E-state index contributed by atoms with van der Waals surface area (Å²) in [7, 11) is 0. The number of benzene rings is 2. The van der Waals surface area contributed by atoms with Gasteiger partial charge in [0, 0.05) is 5.56 Å². The number of rotatable bonds is 5. The first-order valence-electron chi connectivity index (χ1n) is 9.34. The number of Topliss-reactive ketones (excluding diaryl/α,β-unsaturated/α-hetero) is 1. The van der Waals surface area contributed by atoms with Crippen molar-refractivity contribution in [3.05, 3.63) is 60.2 Å². The standard InChI is InChI=1S/C22H21NO4/c24-20(15-6-2-1-3-7-15)14-27-17-12-10-16(11-13-17)23-21(25)18-8-4-5-9-19(18)22(23)26/h1-3,6-7,10-13,18-19H,4-5,8-9,14H2/t18-,19-/m0/s1. The summed E-state index contributed by atoms with van der Waals surface area (Å²) in [6.45, 7) is -0.0604. The van der Waals surface area contributed by atoms with Gasteiger partial charge in [0.15, 0.2) is 12.4 Å². The number of ether oxygens (including phenoxy) is 1. The van der Waals surface area contributed by atoms with Crippen LogP contribution in [0.15, 0.2) is 54.6 Å². The lowest BCUT2D eigenvalue weighted by molar-refractivity contribution is -0.122. The Bertz CT molecular complexity index is 836. The average molecular weight is 363 g/mol. The van der Waals surface area contributed by atoms with Gasteiger partial charge in [-0.15, -0.1) is 0 Å². The van der Waals surface area contributed by atoms with E-state index in [9.17, 15) is 14.4 Å². The Hall–Kier alpha value is -2.95. The fourth-order valence-electron chi connectivity index (χ4n) is 3.96. The lowest BCUT2D eigenvalue weighted by Crippen LogP contribution is -2.30. The molecule has 1 aliphatic carbocycles. The molecule has 5 heteroatoms. The van der Waals surface area contributed by atoms with Gasteiger partial charge in [0.1, 0.15) is 5.75 Å². The minimum absolute atomic E-state index is 0.0604. The van der Waals surface area contributed by atoms with Crippen LogP contribution in [0.2, 0.25) is 0 Å². The van der Waals surface area contributed by atoms with Crippen molar-refractivity contribution in [2.45, 2.75) is 25.7 Å². The van der Waals surface area contributed by atoms with E-state index < -0.39 is 0 Å². The van der Waals surface area contributed by atoms with Gasteiger partial charge in [-0.1, -0.05) is 43.2 Å². The van der Waals surface area contributed by atoms with E-state index in [-0.39, 0.29) is 36.0 Å². The highest BCUT2D eigenvalue weighted by Gasteiger charge is 2.48. The SMILES string of the molecule is O=C(COc1ccc(N2C(=O)[C@H]3CCCC[C@@H]3C2=O)cc1)c1ccccc1. The van der Waals surface area contributed by atoms with Crippen LogP contribution in [-0.4, -0.2) is 24.2 Å². The maximum Gasteiger partial charge on any atom is 0.237 e. The molecule has 2 aliphatic rings. The lowest BCUT2D eigenvalue weighted by atomic mass is 9.81. The fourth-order valence-corrected chi connectivity index (χ4v) is 3.96. The number of carbonyl (C=O) groups excluding carboxylic acids is 3. The van der Waals surface area contributed by atoms with Gasteiger partial charge in [0.25, 0.3) is 0 Å². The van der Waals surface area contributed by atoms with Crippen LogP contribution in [0.5, 0.6) is 5.75 Å². The molecule has 2 fully saturated rings. The van der Waals surface area contributed by atoms with E-state index >= 15 is 0 Å². The summed E-state index contributed by atoms with van der Waals surface area (Å²) in [5, 5.41) is 0. The van der Waals surface area contributed by atoms with Crippen LogP contribution >= 0.6 is 0 Å². The molecule has 0 N–H and O–H groups in total. The Morgan fingerprint density at radius 2 is 1.48 bits per heavy atom. The van der Waals surface area contributed by atoms with E-state index in [4.69, 9.17) is 4.74 Å². The van der Waals surface area contributed by atoms with Gasteiger partial charge < -0.3 is 4.74 Å². The second kappa shape index (κ2) is 7.35. The molecule has 0 aromatic heterocycles. The smallest absolute Gasteiger partial charge is 0.237 e. The Balaban J connectivity index is 1.42. The number of ketones is 1.